The quantitative estimate of drug-likeness (QED) is 0.916. The molecule has 18 heavy (non-hydrogen) atoms. The first kappa shape index (κ1) is 12.6. The Kier molecular flexibility index (Phi) is 3.95. The summed E-state index contributed by atoms with van der Waals surface area (Å²) in [6, 6.07) is 16.7. The van der Waals surface area contributed by atoms with Crippen LogP contribution in [0, 0.1) is 0 Å². The predicted molar refractivity (Wildman–Crippen MR) is 77.1 cm³/mol. The molecule has 0 fully saturated rings. The van der Waals surface area contributed by atoms with E-state index in [4.69, 9.17) is 0 Å². The number of rotatable bonds is 3. The van der Waals surface area contributed by atoms with Gasteiger partial charge in [-0.15, -0.1) is 0 Å². The lowest BCUT2D eigenvalue weighted by atomic mass is 10.1. The van der Waals surface area contributed by atoms with Crippen LogP contribution in [0.1, 0.15) is 15.9 Å². The SMILES string of the molecule is C=C(NC(=O)c1ccccc1)c1cccc(Br)c1. The summed E-state index contributed by atoms with van der Waals surface area (Å²) in [5, 5.41) is 2.79. The Morgan fingerprint density at radius 3 is 2.33 bits per heavy atom. The smallest absolute Gasteiger partial charge is 0.255 e. The summed E-state index contributed by atoms with van der Waals surface area (Å²) in [5.74, 6) is -0.152. The fourth-order valence-corrected chi connectivity index (χ4v) is 1.95. The zero-order valence-corrected chi connectivity index (χ0v) is 11.3. The van der Waals surface area contributed by atoms with Crippen molar-refractivity contribution in [1.29, 1.82) is 0 Å². The number of amides is 1. The molecule has 0 bridgehead atoms. The van der Waals surface area contributed by atoms with Crippen LogP contribution in [-0.4, -0.2) is 5.91 Å². The average molecular weight is 302 g/mol. The van der Waals surface area contributed by atoms with Gasteiger partial charge in [0, 0.05) is 15.7 Å². The van der Waals surface area contributed by atoms with Crippen LogP contribution in [0.5, 0.6) is 0 Å². The summed E-state index contributed by atoms with van der Waals surface area (Å²) in [6.07, 6.45) is 0. The third-order valence-electron chi connectivity index (χ3n) is 2.47. The molecule has 0 aliphatic heterocycles. The summed E-state index contributed by atoms with van der Waals surface area (Å²) >= 11 is 3.39. The monoisotopic (exact) mass is 301 g/mol. The molecule has 0 atom stereocenters. The molecule has 0 unspecified atom stereocenters. The van der Waals surface area contributed by atoms with Gasteiger partial charge in [-0.2, -0.15) is 0 Å². The van der Waals surface area contributed by atoms with Crippen molar-refractivity contribution in [3.05, 3.63) is 76.8 Å². The van der Waals surface area contributed by atoms with Crippen molar-refractivity contribution in [2.45, 2.75) is 0 Å². The standard InChI is InChI=1S/C15H12BrNO/c1-11(13-8-5-9-14(16)10-13)17-15(18)12-6-3-2-4-7-12/h2-10H,1H2,(H,17,18). The first-order valence-corrected chi connectivity index (χ1v) is 6.27. The third kappa shape index (κ3) is 3.08. The second-order valence-electron chi connectivity index (χ2n) is 3.81. The van der Waals surface area contributed by atoms with Crippen molar-refractivity contribution in [3.63, 3.8) is 0 Å². The Morgan fingerprint density at radius 2 is 1.67 bits per heavy atom. The first-order valence-electron chi connectivity index (χ1n) is 5.48. The van der Waals surface area contributed by atoms with Gasteiger partial charge in [0.1, 0.15) is 0 Å². The second-order valence-corrected chi connectivity index (χ2v) is 4.72. The molecular formula is C15H12BrNO. The van der Waals surface area contributed by atoms with Crippen LogP contribution in [0.3, 0.4) is 0 Å². The molecule has 0 saturated heterocycles. The van der Waals surface area contributed by atoms with Crippen LogP contribution < -0.4 is 5.32 Å². The van der Waals surface area contributed by atoms with Crippen molar-refractivity contribution in [2.24, 2.45) is 0 Å². The van der Waals surface area contributed by atoms with Crippen LogP contribution in [0.4, 0.5) is 0 Å². The van der Waals surface area contributed by atoms with Crippen molar-refractivity contribution in [3.8, 4) is 0 Å². The lowest BCUT2D eigenvalue weighted by Gasteiger charge is -2.08. The van der Waals surface area contributed by atoms with Crippen LogP contribution in [-0.2, 0) is 0 Å². The molecule has 2 aromatic carbocycles. The molecule has 0 aromatic heterocycles. The van der Waals surface area contributed by atoms with Gasteiger partial charge in [0.05, 0.1) is 0 Å². The van der Waals surface area contributed by atoms with Gasteiger partial charge in [-0.05, 0) is 29.8 Å². The van der Waals surface area contributed by atoms with Crippen LogP contribution in [0.25, 0.3) is 5.70 Å². The molecule has 3 heteroatoms. The lowest BCUT2D eigenvalue weighted by molar-refractivity contribution is 0.0974. The number of nitrogens with one attached hydrogen (secondary N) is 1. The van der Waals surface area contributed by atoms with Crippen molar-refractivity contribution in [1.82, 2.24) is 5.32 Å². The molecule has 90 valence electrons. The zero-order chi connectivity index (χ0) is 13.0. The molecule has 0 aliphatic rings. The Labute approximate surface area is 114 Å². The maximum Gasteiger partial charge on any atom is 0.255 e. The maximum atomic E-state index is 11.9. The van der Waals surface area contributed by atoms with E-state index < -0.39 is 0 Å². The Balaban J connectivity index is 2.11. The van der Waals surface area contributed by atoms with E-state index >= 15 is 0 Å². The Hall–Kier alpha value is -1.87. The van der Waals surface area contributed by atoms with Gasteiger partial charge in [-0.3, -0.25) is 4.79 Å². The van der Waals surface area contributed by atoms with Crippen molar-refractivity contribution in [2.75, 3.05) is 0 Å². The van der Waals surface area contributed by atoms with Gasteiger partial charge in [0.2, 0.25) is 0 Å². The number of hydrogen-bond donors (Lipinski definition) is 1. The highest BCUT2D eigenvalue weighted by Gasteiger charge is 2.07. The average Bonchev–Trinajstić information content (AvgIpc) is 2.39. The number of carbonyl (C=O) groups excluding carboxylic acids is 1. The summed E-state index contributed by atoms with van der Waals surface area (Å²) in [7, 11) is 0. The molecule has 0 radical (unpaired) electrons. The maximum absolute atomic E-state index is 11.9. The van der Waals surface area contributed by atoms with Crippen molar-refractivity contribution < 1.29 is 4.79 Å². The molecule has 0 spiro atoms. The minimum atomic E-state index is -0.152. The number of halogens is 1. The van der Waals surface area contributed by atoms with E-state index in [1.54, 1.807) is 12.1 Å². The fourth-order valence-electron chi connectivity index (χ4n) is 1.55. The molecule has 1 amide bonds. The topological polar surface area (TPSA) is 29.1 Å². The van der Waals surface area contributed by atoms with Gasteiger partial charge in [0.25, 0.3) is 5.91 Å². The number of hydrogen-bond acceptors (Lipinski definition) is 1. The van der Waals surface area contributed by atoms with E-state index in [2.05, 4.69) is 27.8 Å². The Morgan fingerprint density at radius 1 is 1.00 bits per heavy atom. The number of benzene rings is 2. The van der Waals surface area contributed by atoms with E-state index in [0.717, 1.165) is 10.0 Å². The van der Waals surface area contributed by atoms with E-state index in [-0.39, 0.29) is 5.91 Å². The number of carbonyl (C=O) groups is 1. The van der Waals surface area contributed by atoms with Gasteiger partial charge in [-0.1, -0.05) is 52.8 Å². The fraction of sp³-hybridized carbons (Fsp3) is 0. The van der Waals surface area contributed by atoms with E-state index in [1.165, 1.54) is 0 Å². The van der Waals surface area contributed by atoms with Crippen LogP contribution in [0.15, 0.2) is 65.6 Å². The van der Waals surface area contributed by atoms with E-state index in [1.807, 2.05) is 42.5 Å². The summed E-state index contributed by atoms with van der Waals surface area (Å²) in [5.41, 5.74) is 2.09. The summed E-state index contributed by atoms with van der Waals surface area (Å²) in [4.78, 5) is 11.9. The summed E-state index contributed by atoms with van der Waals surface area (Å²) in [6.45, 7) is 3.88. The lowest BCUT2D eigenvalue weighted by Crippen LogP contribution is -2.21. The van der Waals surface area contributed by atoms with Crippen LogP contribution >= 0.6 is 15.9 Å². The zero-order valence-electron chi connectivity index (χ0n) is 9.69. The van der Waals surface area contributed by atoms with Crippen LogP contribution in [0.2, 0.25) is 0 Å². The third-order valence-corrected chi connectivity index (χ3v) is 2.97. The second kappa shape index (κ2) is 5.65. The highest BCUT2D eigenvalue weighted by atomic mass is 79.9. The summed E-state index contributed by atoms with van der Waals surface area (Å²) < 4.78 is 0.954. The first-order chi connectivity index (χ1) is 8.66. The molecule has 0 aliphatic carbocycles. The van der Waals surface area contributed by atoms with Gasteiger partial charge in [0.15, 0.2) is 0 Å². The van der Waals surface area contributed by atoms with Crippen molar-refractivity contribution >= 4 is 27.5 Å². The molecular weight excluding hydrogens is 290 g/mol. The normalized spacial score (nSPS) is 9.83. The molecule has 2 aromatic rings. The molecule has 1 N–H and O–H groups in total. The van der Waals surface area contributed by atoms with Gasteiger partial charge in [-0.25, -0.2) is 0 Å². The highest BCUT2D eigenvalue weighted by Crippen LogP contribution is 2.16. The van der Waals surface area contributed by atoms with E-state index in [0.29, 0.717) is 11.3 Å². The molecule has 2 rings (SSSR count). The minimum absolute atomic E-state index is 0.152. The molecule has 2 nitrogen and oxygen atoms in total. The largest absolute Gasteiger partial charge is 0.322 e. The predicted octanol–water partition coefficient (Wildman–Crippen LogP) is 3.85. The highest BCUT2D eigenvalue weighted by molar-refractivity contribution is 9.10. The Bertz CT molecular complexity index is 578. The molecule has 0 saturated carbocycles. The minimum Gasteiger partial charge on any atom is -0.322 e. The molecule has 0 heterocycles. The van der Waals surface area contributed by atoms with E-state index in [9.17, 15) is 4.79 Å². The van der Waals surface area contributed by atoms with Gasteiger partial charge < -0.3 is 5.32 Å². The van der Waals surface area contributed by atoms with Gasteiger partial charge >= 0.3 is 0 Å².